The van der Waals surface area contributed by atoms with Gasteiger partial charge in [0, 0.05) is 0 Å². The Balaban J connectivity index is 2.86. The zero-order chi connectivity index (χ0) is 47.4. The van der Waals surface area contributed by atoms with Crippen molar-refractivity contribution in [3.05, 3.63) is 24.3 Å². The molecule has 0 radical (unpaired) electrons. The number of rotatable bonds is 30. The van der Waals surface area contributed by atoms with Crippen LogP contribution in [0.3, 0.4) is 0 Å². The molecule has 0 bridgehead atoms. The first-order valence-electron chi connectivity index (χ1n) is 19.3. The Morgan fingerprint density at radius 1 is 0.339 bits per heavy atom. The van der Waals surface area contributed by atoms with Crippen LogP contribution in [0.5, 0.6) is 11.5 Å². The standard InChI is InChI=1S/C40H62O22/c1-35(15-41,16-42)29(49)59-23-39(5,24-60-30(50)36(2,17-43)18-44)33(53)57-13-11-55-27-7-9-28(10-8-27)56-12-14-58-34(54)40(6,25-61-31(51)37(3,19-45)20-46)26-62-32(52)38(4,21-47)22-48/h7-10,41-48H,11-26H2,1-6H3. The number of aliphatic hydroxyl groups is 8. The van der Waals surface area contributed by atoms with Crippen molar-refractivity contribution in [1.29, 1.82) is 0 Å². The van der Waals surface area contributed by atoms with Crippen LogP contribution in [0.4, 0.5) is 0 Å². The molecule has 0 aliphatic rings. The molecule has 0 spiro atoms. The first kappa shape index (κ1) is 55.3. The lowest BCUT2D eigenvalue weighted by Crippen LogP contribution is -2.45. The van der Waals surface area contributed by atoms with Crippen molar-refractivity contribution in [3.63, 3.8) is 0 Å². The van der Waals surface area contributed by atoms with Crippen LogP contribution in [-0.2, 0) is 57.2 Å². The van der Waals surface area contributed by atoms with Crippen LogP contribution in [-0.4, -0.2) is 182 Å². The molecular weight excluding hydrogens is 832 g/mol. The predicted molar refractivity (Wildman–Crippen MR) is 209 cm³/mol. The number of hydrogen-bond acceptors (Lipinski definition) is 22. The van der Waals surface area contributed by atoms with Crippen LogP contribution >= 0.6 is 0 Å². The van der Waals surface area contributed by atoms with E-state index in [-0.39, 0.29) is 26.4 Å². The van der Waals surface area contributed by atoms with Gasteiger partial charge in [-0.2, -0.15) is 0 Å². The highest BCUT2D eigenvalue weighted by Crippen LogP contribution is 2.28. The average molecular weight is 895 g/mol. The second kappa shape index (κ2) is 24.8. The molecule has 0 saturated carbocycles. The summed E-state index contributed by atoms with van der Waals surface area (Å²) in [6.45, 7) is -2.59. The molecule has 22 nitrogen and oxygen atoms in total. The number of ether oxygens (including phenoxy) is 8. The number of carbonyl (C=O) groups excluding carboxylic acids is 6. The Morgan fingerprint density at radius 3 is 0.726 bits per heavy atom. The molecule has 0 saturated heterocycles. The normalized spacial score (nSPS) is 12.5. The zero-order valence-electron chi connectivity index (χ0n) is 35.9. The Kier molecular flexibility index (Phi) is 22.2. The molecule has 0 aliphatic heterocycles. The largest absolute Gasteiger partial charge is 0.490 e. The highest BCUT2D eigenvalue weighted by atomic mass is 16.6. The molecule has 0 unspecified atom stereocenters. The van der Waals surface area contributed by atoms with Crippen molar-refractivity contribution in [1.82, 2.24) is 0 Å². The zero-order valence-corrected chi connectivity index (χ0v) is 35.9. The summed E-state index contributed by atoms with van der Waals surface area (Å²) in [5.41, 5.74) is -10.4. The van der Waals surface area contributed by atoms with Crippen molar-refractivity contribution in [3.8, 4) is 11.5 Å². The number of hydrogen-bond donors (Lipinski definition) is 8. The summed E-state index contributed by atoms with van der Waals surface area (Å²) in [6.07, 6.45) is 0. The SMILES string of the molecule is CC(CO)(CO)C(=O)OCC(C)(COC(=O)C(C)(CO)CO)C(=O)OCCOc1ccc(OCCOC(=O)C(C)(COC(=O)C(C)(CO)CO)COC(=O)C(C)(CO)CO)cc1. The molecule has 0 aromatic heterocycles. The second-order valence-electron chi connectivity index (χ2n) is 16.4. The monoisotopic (exact) mass is 894 g/mol. The third-order valence-electron chi connectivity index (χ3n) is 9.83. The molecule has 0 atom stereocenters. The molecule has 1 aromatic carbocycles. The first-order chi connectivity index (χ1) is 29.0. The fourth-order valence-electron chi connectivity index (χ4n) is 4.20. The summed E-state index contributed by atoms with van der Waals surface area (Å²) in [5, 5.41) is 76.2. The lowest BCUT2D eigenvalue weighted by molar-refractivity contribution is -0.181. The molecule has 0 amide bonds. The van der Waals surface area contributed by atoms with Crippen molar-refractivity contribution < 1.29 is 108 Å². The fourth-order valence-corrected chi connectivity index (χ4v) is 4.20. The van der Waals surface area contributed by atoms with Crippen molar-refractivity contribution in [2.45, 2.75) is 41.5 Å². The van der Waals surface area contributed by atoms with Gasteiger partial charge >= 0.3 is 35.8 Å². The third kappa shape index (κ3) is 15.3. The lowest BCUT2D eigenvalue weighted by Gasteiger charge is -2.30. The maximum Gasteiger partial charge on any atom is 0.318 e. The summed E-state index contributed by atoms with van der Waals surface area (Å²) in [7, 11) is 0. The molecule has 354 valence electrons. The molecule has 0 aliphatic carbocycles. The third-order valence-corrected chi connectivity index (χ3v) is 9.83. The van der Waals surface area contributed by atoms with Crippen molar-refractivity contribution in [2.24, 2.45) is 32.5 Å². The fraction of sp³-hybridized carbons (Fsp3) is 0.700. The topological polar surface area (TPSA) is 338 Å². The Bertz CT molecular complexity index is 1410. The highest BCUT2D eigenvalue weighted by molar-refractivity contribution is 5.82. The van der Waals surface area contributed by atoms with E-state index in [0.717, 1.165) is 0 Å². The predicted octanol–water partition coefficient (Wildman–Crippen LogP) is -2.32. The minimum atomic E-state index is -1.82. The van der Waals surface area contributed by atoms with E-state index in [1.807, 2.05) is 0 Å². The summed E-state index contributed by atoms with van der Waals surface area (Å²) in [5.74, 6) is -5.56. The molecule has 62 heavy (non-hydrogen) atoms. The van der Waals surface area contributed by atoms with Gasteiger partial charge in [-0.3, -0.25) is 28.8 Å². The number of benzene rings is 1. The summed E-state index contributed by atoms with van der Waals surface area (Å²) >= 11 is 0. The van der Waals surface area contributed by atoms with Crippen LogP contribution in [0.15, 0.2) is 24.3 Å². The van der Waals surface area contributed by atoms with Gasteiger partial charge in [0.1, 0.15) is 96.8 Å². The molecule has 1 rings (SSSR count). The minimum absolute atomic E-state index is 0.181. The first-order valence-corrected chi connectivity index (χ1v) is 19.3. The second-order valence-corrected chi connectivity index (χ2v) is 16.4. The number of carbonyl (C=O) groups is 6. The summed E-state index contributed by atoms with van der Waals surface area (Å²) < 4.78 is 42.6. The summed E-state index contributed by atoms with van der Waals surface area (Å²) in [4.78, 5) is 76.7. The van der Waals surface area contributed by atoms with Crippen molar-refractivity contribution in [2.75, 3.05) is 106 Å². The smallest absolute Gasteiger partial charge is 0.318 e. The van der Waals surface area contributed by atoms with Gasteiger partial charge in [0.25, 0.3) is 0 Å². The van der Waals surface area contributed by atoms with Gasteiger partial charge in [-0.1, -0.05) is 0 Å². The van der Waals surface area contributed by atoms with E-state index in [1.165, 1.54) is 65.8 Å². The summed E-state index contributed by atoms with van der Waals surface area (Å²) in [6, 6.07) is 6.01. The van der Waals surface area contributed by atoms with E-state index in [0.29, 0.717) is 11.5 Å². The van der Waals surface area contributed by atoms with Gasteiger partial charge in [-0.25, -0.2) is 0 Å². The van der Waals surface area contributed by atoms with E-state index in [9.17, 15) is 69.6 Å². The van der Waals surface area contributed by atoms with Gasteiger partial charge in [0.15, 0.2) is 0 Å². The molecule has 0 fully saturated rings. The number of esters is 6. The van der Waals surface area contributed by atoms with E-state index in [4.69, 9.17) is 37.9 Å². The average Bonchev–Trinajstić information content (AvgIpc) is 3.29. The van der Waals surface area contributed by atoms with Crippen LogP contribution in [0.25, 0.3) is 0 Å². The van der Waals surface area contributed by atoms with Crippen LogP contribution in [0.1, 0.15) is 41.5 Å². The highest BCUT2D eigenvalue weighted by Gasteiger charge is 2.45. The van der Waals surface area contributed by atoms with E-state index < -0.39 is 148 Å². The van der Waals surface area contributed by atoms with E-state index >= 15 is 0 Å². The number of aliphatic hydroxyl groups excluding tert-OH is 8. The van der Waals surface area contributed by atoms with Crippen molar-refractivity contribution >= 4 is 35.8 Å². The quantitative estimate of drug-likeness (QED) is 0.0228. The van der Waals surface area contributed by atoms with Gasteiger partial charge in [0.2, 0.25) is 0 Å². The molecule has 8 N–H and O–H groups in total. The Hall–Kier alpha value is -4.68. The maximum absolute atomic E-state index is 13.2. The maximum atomic E-state index is 13.2. The molecule has 22 heteroatoms. The van der Waals surface area contributed by atoms with Gasteiger partial charge in [-0.15, -0.1) is 0 Å². The van der Waals surface area contributed by atoms with Crippen LogP contribution in [0, 0.1) is 32.5 Å². The van der Waals surface area contributed by atoms with Gasteiger partial charge in [-0.05, 0) is 65.8 Å². The Labute approximate surface area is 358 Å². The van der Waals surface area contributed by atoms with Gasteiger partial charge < -0.3 is 78.7 Å². The van der Waals surface area contributed by atoms with E-state index in [2.05, 4.69) is 0 Å². The lowest BCUT2D eigenvalue weighted by atomic mass is 9.90. The molecule has 1 aromatic rings. The van der Waals surface area contributed by atoms with Gasteiger partial charge in [0.05, 0.1) is 52.9 Å². The molecular formula is C40H62O22. The Morgan fingerprint density at radius 2 is 0.532 bits per heavy atom. The minimum Gasteiger partial charge on any atom is -0.490 e. The van der Waals surface area contributed by atoms with Crippen LogP contribution in [0.2, 0.25) is 0 Å². The molecule has 0 heterocycles. The van der Waals surface area contributed by atoms with E-state index in [1.54, 1.807) is 0 Å². The van der Waals surface area contributed by atoms with Crippen LogP contribution < -0.4 is 9.47 Å².